The summed E-state index contributed by atoms with van der Waals surface area (Å²) in [6.45, 7) is 1.92. The SMILES string of the molecule is Cc1nn(-c2ccccc2)c2nc(Cl)c(C=O)c(-c3ccccc3)c12. The van der Waals surface area contributed by atoms with Gasteiger partial charge in [-0.3, -0.25) is 4.79 Å². The van der Waals surface area contributed by atoms with Crippen molar-refractivity contribution in [3.63, 3.8) is 0 Å². The van der Waals surface area contributed by atoms with Crippen molar-refractivity contribution in [2.45, 2.75) is 6.92 Å². The van der Waals surface area contributed by atoms with Crippen LogP contribution in [0.1, 0.15) is 16.1 Å². The van der Waals surface area contributed by atoms with E-state index in [0.717, 1.165) is 34.2 Å². The highest BCUT2D eigenvalue weighted by molar-refractivity contribution is 6.33. The number of aldehydes is 1. The average Bonchev–Trinajstić information content (AvgIpc) is 2.98. The van der Waals surface area contributed by atoms with Crippen molar-refractivity contribution in [2.24, 2.45) is 0 Å². The number of carbonyl (C=O) groups excluding carboxylic acids is 1. The van der Waals surface area contributed by atoms with Gasteiger partial charge in [-0.15, -0.1) is 0 Å². The lowest BCUT2D eigenvalue weighted by Gasteiger charge is -2.10. The third-order valence-corrected chi connectivity index (χ3v) is 4.45. The summed E-state index contributed by atoms with van der Waals surface area (Å²) >= 11 is 6.34. The highest BCUT2D eigenvalue weighted by atomic mass is 35.5. The number of hydrogen-bond donors (Lipinski definition) is 0. The summed E-state index contributed by atoms with van der Waals surface area (Å²) in [7, 11) is 0. The van der Waals surface area contributed by atoms with Gasteiger partial charge in [0, 0.05) is 5.56 Å². The molecule has 4 nitrogen and oxygen atoms in total. The van der Waals surface area contributed by atoms with Crippen molar-refractivity contribution < 1.29 is 4.79 Å². The summed E-state index contributed by atoms with van der Waals surface area (Å²) in [4.78, 5) is 16.2. The van der Waals surface area contributed by atoms with Crippen LogP contribution >= 0.6 is 11.6 Å². The molecule has 0 saturated carbocycles. The molecular weight excluding hydrogens is 334 g/mol. The largest absolute Gasteiger partial charge is 0.298 e. The van der Waals surface area contributed by atoms with E-state index in [1.807, 2.05) is 67.6 Å². The number of carbonyl (C=O) groups is 1. The third-order valence-electron chi connectivity index (χ3n) is 4.16. The Hall–Kier alpha value is -2.98. The normalized spacial score (nSPS) is 11.0. The van der Waals surface area contributed by atoms with E-state index in [4.69, 9.17) is 11.6 Å². The molecular formula is C20H14ClN3O. The molecule has 0 amide bonds. The van der Waals surface area contributed by atoms with Crippen LogP contribution in [0.2, 0.25) is 5.15 Å². The number of fused-ring (bicyclic) bond motifs is 1. The highest BCUT2D eigenvalue weighted by Gasteiger charge is 2.21. The molecule has 0 fully saturated rings. The minimum absolute atomic E-state index is 0.179. The minimum Gasteiger partial charge on any atom is -0.298 e. The van der Waals surface area contributed by atoms with Gasteiger partial charge < -0.3 is 0 Å². The molecule has 0 radical (unpaired) electrons. The van der Waals surface area contributed by atoms with Crippen molar-refractivity contribution >= 4 is 28.9 Å². The first-order chi connectivity index (χ1) is 12.2. The second-order valence-corrected chi connectivity index (χ2v) is 6.06. The van der Waals surface area contributed by atoms with E-state index in [-0.39, 0.29) is 5.15 Å². The van der Waals surface area contributed by atoms with E-state index in [1.165, 1.54) is 0 Å². The summed E-state index contributed by atoms with van der Waals surface area (Å²) in [5, 5.41) is 5.66. The molecule has 0 atom stereocenters. The first-order valence-corrected chi connectivity index (χ1v) is 8.23. The lowest BCUT2D eigenvalue weighted by atomic mass is 9.98. The first-order valence-electron chi connectivity index (χ1n) is 7.85. The molecule has 0 aliphatic carbocycles. The quantitative estimate of drug-likeness (QED) is 0.392. The molecule has 2 aromatic heterocycles. The molecule has 0 spiro atoms. The number of hydrogen-bond acceptors (Lipinski definition) is 3. The van der Waals surface area contributed by atoms with Crippen molar-refractivity contribution in [3.8, 4) is 16.8 Å². The van der Waals surface area contributed by atoms with Gasteiger partial charge in [-0.2, -0.15) is 5.10 Å². The van der Waals surface area contributed by atoms with Crippen LogP contribution in [0.5, 0.6) is 0 Å². The smallest absolute Gasteiger partial charge is 0.165 e. The molecule has 4 aromatic rings. The zero-order chi connectivity index (χ0) is 17.4. The van der Waals surface area contributed by atoms with E-state index in [1.54, 1.807) is 4.68 Å². The molecule has 2 aromatic carbocycles. The van der Waals surface area contributed by atoms with Gasteiger partial charge >= 0.3 is 0 Å². The predicted octanol–water partition coefficient (Wildman–Crippen LogP) is 4.86. The van der Waals surface area contributed by atoms with Gasteiger partial charge in [-0.05, 0) is 24.6 Å². The molecule has 0 saturated heterocycles. The Labute approximate surface area is 149 Å². The zero-order valence-electron chi connectivity index (χ0n) is 13.5. The summed E-state index contributed by atoms with van der Waals surface area (Å²) in [6.07, 6.45) is 0.760. The highest BCUT2D eigenvalue weighted by Crippen LogP contribution is 2.36. The van der Waals surface area contributed by atoms with Gasteiger partial charge in [0.25, 0.3) is 0 Å². The molecule has 0 aliphatic heterocycles. The van der Waals surface area contributed by atoms with Crippen LogP contribution in [0.3, 0.4) is 0 Å². The van der Waals surface area contributed by atoms with Gasteiger partial charge in [0.2, 0.25) is 0 Å². The van der Waals surface area contributed by atoms with E-state index in [0.29, 0.717) is 11.2 Å². The molecule has 0 bridgehead atoms. The lowest BCUT2D eigenvalue weighted by molar-refractivity contribution is 0.112. The Morgan fingerprint density at radius 2 is 1.64 bits per heavy atom. The minimum atomic E-state index is 0.179. The molecule has 4 rings (SSSR count). The second-order valence-electron chi connectivity index (χ2n) is 5.71. The molecule has 2 heterocycles. The van der Waals surface area contributed by atoms with Crippen molar-refractivity contribution in [1.82, 2.24) is 14.8 Å². The summed E-state index contributed by atoms with van der Waals surface area (Å²) < 4.78 is 1.76. The number of halogens is 1. The molecule has 0 aliphatic rings. The fourth-order valence-electron chi connectivity index (χ4n) is 3.06. The van der Waals surface area contributed by atoms with Crippen molar-refractivity contribution in [2.75, 3.05) is 0 Å². The number of para-hydroxylation sites is 1. The monoisotopic (exact) mass is 347 g/mol. The van der Waals surface area contributed by atoms with Crippen molar-refractivity contribution in [3.05, 3.63) is 77.1 Å². The van der Waals surface area contributed by atoms with Crippen LogP contribution in [0, 0.1) is 6.92 Å². The molecule has 5 heteroatoms. The number of aryl methyl sites for hydroxylation is 1. The van der Waals surface area contributed by atoms with E-state index >= 15 is 0 Å². The van der Waals surface area contributed by atoms with Crippen LogP contribution < -0.4 is 0 Å². The van der Waals surface area contributed by atoms with Gasteiger partial charge in [0.1, 0.15) is 5.15 Å². The predicted molar refractivity (Wildman–Crippen MR) is 99.4 cm³/mol. The van der Waals surface area contributed by atoms with Gasteiger partial charge in [0.05, 0.1) is 22.3 Å². The maximum atomic E-state index is 11.7. The maximum absolute atomic E-state index is 11.7. The van der Waals surface area contributed by atoms with E-state index in [2.05, 4.69) is 10.1 Å². The first kappa shape index (κ1) is 15.5. The zero-order valence-corrected chi connectivity index (χ0v) is 14.2. The third kappa shape index (κ3) is 2.51. The van der Waals surface area contributed by atoms with Crippen molar-refractivity contribution in [1.29, 1.82) is 0 Å². The number of aromatic nitrogens is 3. The summed E-state index contributed by atoms with van der Waals surface area (Å²) in [5.74, 6) is 0. The van der Waals surface area contributed by atoms with E-state index in [9.17, 15) is 4.79 Å². The average molecular weight is 348 g/mol. The number of rotatable bonds is 3. The Morgan fingerprint density at radius 1 is 1.00 bits per heavy atom. The molecule has 0 N–H and O–H groups in total. The number of pyridine rings is 1. The van der Waals surface area contributed by atoms with Crippen LogP contribution in [-0.4, -0.2) is 21.1 Å². The fourth-order valence-corrected chi connectivity index (χ4v) is 3.28. The molecule has 122 valence electrons. The Kier molecular flexibility index (Phi) is 3.82. The van der Waals surface area contributed by atoms with Crippen LogP contribution in [0.4, 0.5) is 0 Å². The Morgan fingerprint density at radius 3 is 2.28 bits per heavy atom. The lowest BCUT2D eigenvalue weighted by Crippen LogP contribution is -2.00. The summed E-state index contributed by atoms with van der Waals surface area (Å²) in [5.41, 5.74) is 4.39. The molecule has 25 heavy (non-hydrogen) atoms. The maximum Gasteiger partial charge on any atom is 0.165 e. The van der Waals surface area contributed by atoms with Crippen LogP contribution in [0.15, 0.2) is 60.7 Å². The van der Waals surface area contributed by atoms with Crippen LogP contribution in [0.25, 0.3) is 27.8 Å². The fraction of sp³-hybridized carbons (Fsp3) is 0.0500. The second kappa shape index (κ2) is 6.15. The Bertz CT molecular complexity index is 1070. The summed E-state index contributed by atoms with van der Waals surface area (Å²) in [6, 6.07) is 19.5. The van der Waals surface area contributed by atoms with Gasteiger partial charge in [0.15, 0.2) is 11.9 Å². The van der Waals surface area contributed by atoms with Crippen LogP contribution in [-0.2, 0) is 0 Å². The van der Waals surface area contributed by atoms with E-state index < -0.39 is 0 Å². The van der Waals surface area contributed by atoms with Gasteiger partial charge in [-0.25, -0.2) is 9.67 Å². The van der Waals surface area contributed by atoms with Gasteiger partial charge in [-0.1, -0.05) is 60.1 Å². The number of nitrogens with zero attached hydrogens (tertiary/aromatic N) is 3. The number of benzene rings is 2. The standard InChI is InChI=1S/C20H14ClN3O/c1-13-17-18(14-8-4-2-5-9-14)16(12-25)19(21)22-20(17)24(23-13)15-10-6-3-7-11-15/h2-12H,1H3. The topological polar surface area (TPSA) is 47.8 Å². The Balaban J connectivity index is 2.14. The molecule has 0 unspecified atom stereocenters.